The van der Waals surface area contributed by atoms with E-state index in [9.17, 15) is 4.79 Å². The maximum Gasteiger partial charge on any atom is 0.237 e. The first-order valence-electron chi connectivity index (χ1n) is 5.70. The summed E-state index contributed by atoms with van der Waals surface area (Å²) in [5.74, 6) is 0.785. The van der Waals surface area contributed by atoms with Gasteiger partial charge in [0.05, 0.1) is 19.2 Å². The first kappa shape index (κ1) is 13.5. The van der Waals surface area contributed by atoms with E-state index < -0.39 is 0 Å². The summed E-state index contributed by atoms with van der Waals surface area (Å²) in [5.41, 5.74) is 1.03. The Morgan fingerprint density at radius 3 is 2.65 bits per heavy atom. The Balaban J connectivity index is 2.69. The van der Waals surface area contributed by atoms with Gasteiger partial charge in [0.25, 0.3) is 0 Å². The van der Waals surface area contributed by atoms with Crippen LogP contribution in [0.5, 0.6) is 5.75 Å². The van der Waals surface area contributed by atoms with E-state index in [1.807, 2.05) is 38.1 Å². The normalized spacial score (nSPS) is 13.9. The molecule has 0 saturated heterocycles. The lowest BCUT2D eigenvalue weighted by atomic mass is 10.1. The third kappa shape index (κ3) is 3.75. The second-order valence-corrected chi connectivity index (χ2v) is 4.02. The van der Waals surface area contributed by atoms with Crippen LogP contribution in [-0.4, -0.2) is 26.1 Å². The minimum atomic E-state index is -0.192. The van der Waals surface area contributed by atoms with Crippen LogP contribution >= 0.6 is 0 Å². The fourth-order valence-electron chi connectivity index (χ4n) is 1.46. The maximum absolute atomic E-state index is 11.7. The Bertz CT molecular complexity index is 379. The minimum absolute atomic E-state index is 0.0113. The van der Waals surface area contributed by atoms with Gasteiger partial charge in [-0.25, -0.2) is 0 Å². The summed E-state index contributed by atoms with van der Waals surface area (Å²) in [6, 6.07) is 7.47. The van der Waals surface area contributed by atoms with Crippen LogP contribution in [0.2, 0.25) is 0 Å². The topological polar surface area (TPSA) is 50.4 Å². The van der Waals surface area contributed by atoms with Crippen molar-refractivity contribution >= 4 is 5.91 Å². The van der Waals surface area contributed by atoms with Crippen molar-refractivity contribution in [3.05, 3.63) is 29.8 Å². The number of benzene rings is 1. The fraction of sp³-hybridized carbons (Fsp3) is 0.462. The Hall–Kier alpha value is -1.55. The number of likely N-dealkylation sites (N-methyl/N-ethyl adjacent to an activating group) is 1. The molecule has 0 aliphatic carbocycles. The summed E-state index contributed by atoms with van der Waals surface area (Å²) in [5, 5.41) is 5.85. The van der Waals surface area contributed by atoms with E-state index in [0.29, 0.717) is 0 Å². The van der Waals surface area contributed by atoms with Gasteiger partial charge in [-0.15, -0.1) is 0 Å². The highest BCUT2D eigenvalue weighted by atomic mass is 16.5. The maximum atomic E-state index is 11.7. The van der Waals surface area contributed by atoms with Gasteiger partial charge in [0.2, 0.25) is 5.91 Å². The van der Waals surface area contributed by atoms with Crippen molar-refractivity contribution in [2.24, 2.45) is 0 Å². The van der Waals surface area contributed by atoms with Crippen LogP contribution < -0.4 is 15.4 Å². The van der Waals surface area contributed by atoms with Crippen molar-refractivity contribution < 1.29 is 9.53 Å². The Labute approximate surface area is 102 Å². The van der Waals surface area contributed by atoms with Gasteiger partial charge in [-0.1, -0.05) is 12.1 Å². The zero-order valence-electron chi connectivity index (χ0n) is 10.8. The summed E-state index contributed by atoms with van der Waals surface area (Å²) >= 11 is 0. The lowest BCUT2D eigenvalue weighted by molar-refractivity contribution is -0.123. The lowest BCUT2D eigenvalue weighted by Crippen LogP contribution is -2.41. The molecule has 1 aromatic carbocycles. The second-order valence-electron chi connectivity index (χ2n) is 4.02. The zero-order chi connectivity index (χ0) is 12.8. The number of ether oxygens (including phenoxy) is 1. The van der Waals surface area contributed by atoms with E-state index in [4.69, 9.17) is 4.74 Å². The van der Waals surface area contributed by atoms with Gasteiger partial charge in [0, 0.05) is 0 Å². The quantitative estimate of drug-likeness (QED) is 0.814. The molecule has 0 aromatic heterocycles. The molecule has 4 heteroatoms. The van der Waals surface area contributed by atoms with Gasteiger partial charge >= 0.3 is 0 Å². The fourth-order valence-corrected chi connectivity index (χ4v) is 1.46. The van der Waals surface area contributed by atoms with E-state index in [2.05, 4.69) is 10.6 Å². The summed E-state index contributed by atoms with van der Waals surface area (Å²) in [7, 11) is 3.39. The van der Waals surface area contributed by atoms with Crippen molar-refractivity contribution in [2.45, 2.75) is 25.9 Å². The number of rotatable bonds is 5. The number of carbonyl (C=O) groups excluding carboxylic acids is 1. The molecule has 1 rings (SSSR count). The molecule has 0 aliphatic heterocycles. The van der Waals surface area contributed by atoms with Crippen LogP contribution in [0.15, 0.2) is 24.3 Å². The molecule has 0 heterocycles. The Morgan fingerprint density at radius 2 is 2.06 bits per heavy atom. The Kier molecular flexibility index (Phi) is 4.97. The standard InChI is InChI=1S/C13H20N2O2/c1-9(15-13(16)10(2)14-3)11-6-5-7-12(8-11)17-4/h5-10,14H,1-4H3,(H,15,16)/t9-,10?/m0/s1. The molecule has 0 spiro atoms. The molecule has 0 saturated carbocycles. The largest absolute Gasteiger partial charge is 0.497 e. The van der Waals surface area contributed by atoms with Crippen LogP contribution in [0.1, 0.15) is 25.5 Å². The molecule has 0 aliphatic rings. The number of carbonyl (C=O) groups is 1. The number of hydrogen-bond donors (Lipinski definition) is 2. The molecule has 0 fully saturated rings. The van der Waals surface area contributed by atoms with Gasteiger partial charge in [-0.05, 0) is 38.6 Å². The number of methoxy groups -OCH3 is 1. The average molecular weight is 236 g/mol. The van der Waals surface area contributed by atoms with E-state index in [1.165, 1.54) is 0 Å². The van der Waals surface area contributed by atoms with Gasteiger partial charge in [-0.2, -0.15) is 0 Å². The van der Waals surface area contributed by atoms with Crippen molar-refractivity contribution in [3.63, 3.8) is 0 Å². The highest BCUT2D eigenvalue weighted by Crippen LogP contribution is 2.18. The van der Waals surface area contributed by atoms with Crippen molar-refractivity contribution in [2.75, 3.05) is 14.2 Å². The van der Waals surface area contributed by atoms with E-state index in [-0.39, 0.29) is 18.0 Å². The lowest BCUT2D eigenvalue weighted by Gasteiger charge is -2.18. The molecule has 0 radical (unpaired) electrons. The first-order valence-corrected chi connectivity index (χ1v) is 5.70. The van der Waals surface area contributed by atoms with E-state index >= 15 is 0 Å². The minimum Gasteiger partial charge on any atom is -0.497 e. The smallest absolute Gasteiger partial charge is 0.237 e. The molecular weight excluding hydrogens is 216 g/mol. The third-order valence-electron chi connectivity index (χ3n) is 2.78. The van der Waals surface area contributed by atoms with Crippen LogP contribution in [0, 0.1) is 0 Å². The summed E-state index contributed by atoms with van der Waals surface area (Å²) < 4.78 is 5.15. The number of hydrogen-bond acceptors (Lipinski definition) is 3. The third-order valence-corrected chi connectivity index (χ3v) is 2.78. The van der Waals surface area contributed by atoms with Gasteiger partial charge < -0.3 is 15.4 Å². The van der Waals surface area contributed by atoms with Gasteiger partial charge in [-0.3, -0.25) is 4.79 Å². The predicted molar refractivity (Wildman–Crippen MR) is 68.1 cm³/mol. The molecule has 4 nitrogen and oxygen atoms in total. The molecule has 2 atom stereocenters. The van der Waals surface area contributed by atoms with Crippen LogP contribution in [0.3, 0.4) is 0 Å². The monoisotopic (exact) mass is 236 g/mol. The molecule has 94 valence electrons. The van der Waals surface area contributed by atoms with Crippen LogP contribution in [0.25, 0.3) is 0 Å². The van der Waals surface area contributed by atoms with E-state index in [1.54, 1.807) is 14.2 Å². The second kappa shape index (κ2) is 6.25. The van der Waals surface area contributed by atoms with Crippen LogP contribution in [0.4, 0.5) is 0 Å². The van der Waals surface area contributed by atoms with Crippen molar-refractivity contribution in [1.29, 1.82) is 0 Å². The molecule has 1 unspecified atom stereocenters. The molecule has 1 aromatic rings. The van der Waals surface area contributed by atoms with Crippen LogP contribution in [-0.2, 0) is 4.79 Å². The SMILES string of the molecule is CNC(C)C(=O)N[C@@H](C)c1cccc(OC)c1. The summed E-state index contributed by atoms with van der Waals surface area (Å²) in [6.07, 6.45) is 0. The number of nitrogens with one attached hydrogen (secondary N) is 2. The summed E-state index contributed by atoms with van der Waals surface area (Å²) in [6.45, 7) is 3.78. The van der Waals surface area contributed by atoms with E-state index in [0.717, 1.165) is 11.3 Å². The van der Waals surface area contributed by atoms with Gasteiger partial charge in [0.1, 0.15) is 5.75 Å². The highest BCUT2D eigenvalue weighted by Gasteiger charge is 2.14. The Morgan fingerprint density at radius 1 is 1.35 bits per heavy atom. The molecule has 0 bridgehead atoms. The van der Waals surface area contributed by atoms with Gasteiger partial charge in [0.15, 0.2) is 0 Å². The van der Waals surface area contributed by atoms with Crippen molar-refractivity contribution in [1.82, 2.24) is 10.6 Å². The first-order chi connectivity index (χ1) is 8.08. The average Bonchev–Trinajstić information content (AvgIpc) is 2.37. The molecule has 2 N–H and O–H groups in total. The van der Waals surface area contributed by atoms with Crippen molar-refractivity contribution in [3.8, 4) is 5.75 Å². The highest BCUT2D eigenvalue weighted by molar-refractivity contribution is 5.81. The number of amides is 1. The summed E-state index contributed by atoms with van der Waals surface area (Å²) in [4.78, 5) is 11.7. The molecule has 1 amide bonds. The predicted octanol–water partition coefficient (Wildman–Crippen LogP) is 1.48. The zero-order valence-corrected chi connectivity index (χ0v) is 10.8. The molecular formula is C13H20N2O2. The molecule has 17 heavy (non-hydrogen) atoms.